The zero-order valence-corrected chi connectivity index (χ0v) is 12.7. The molecule has 0 radical (unpaired) electrons. The van der Waals surface area contributed by atoms with Crippen molar-refractivity contribution in [3.63, 3.8) is 0 Å². The van der Waals surface area contributed by atoms with Crippen molar-refractivity contribution in [1.82, 2.24) is 0 Å². The highest BCUT2D eigenvalue weighted by Gasteiger charge is 2.32. The third-order valence-electron chi connectivity index (χ3n) is 4.30. The topological polar surface area (TPSA) is 29.3 Å². The Labute approximate surface area is 133 Å². The second-order valence-electron chi connectivity index (χ2n) is 5.85. The lowest BCUT2D eigenvalue weighted by Gasteiger charge is -2.26. The number of alkyl halides is 3. The molecule has 1 aliphatic heterocycles. The lowest BCUT2D eigenvalue weighted by Crippen LogP contribution is -2.23. The highest BCUT2D eigenvalue weighted by Crippen LogP contribution is 2.37. The molecule has 2 N–H and O–H groups in total. The van der Waals surface area contributed by atoms with E-state index in [4.69, 9.17) is 5.73 Å². The van der Waals surface area contributed by atoms with Gasteiger partial charge in [-0.2, -0.15) is 13.2 Å². The molecule has 2 aromatic carbocycles. The SMILES string of the molecule is NC(c1ccccc1)c1ccc(C(F)(F)F)cc1N1CCCC1. The van der Waals surface area contributed by atoms with Crippen molar-refractivity contribution in [3.8, 4) is 0 Å². The summed E-state index contributed by atoms with van der Waals surface area (Å²) in [5, 5.41) is 0. The van der Waals surface area contributed by atoms with Gasteiger partial charge in [0.05, 0.1) is 11.6 Å². The van der Waals surface area contributed by atoms with Crippen LogP contribution in [-0.4, -0.2) is 13.1 Å². The molecule has 23 heavy (non-hydrogen) atoms. The van der Waals surface area contributed by atoms with E-state index in [9.17, 15) is 13.2 Å². The molecule has 0 amide bonds. The van der Waals surface area contributed by atoms with Crippen LogP contribution >= 0.6 is 0 Å². The fraction of sp³-hybridized carbons (Fsp3) is 0.333. The number of halogens is 3. The summed E-state index contributed by atoms with van der Waals surface area (Å²) >= 11 is 0. The van der Waals surface area contributed by atoms with Gasteiger partial charge in [-0.05, 0) is 36.1 Å². The van der Waals surface area contributed by atoms with E-state index in [2.05, 4.69) is 0 Å². The van der Waals surface area contributed by atoms with Crippen molar-refractivity contribution in [2.75, 3.05) is 18.0 Å². The van der Waals surface area contributed by atoms with E-state index in [1.165, 1.54) is 12.1 Å². The molecule has 3 rings (SSSR count). The maximum absolute atomic E-state index is 13.1. The standard InChI is InChI=1S/C18H19F3N2/c19-18(20,21)14-8-9-15(16(12-14)23-10-4-5-11-23)17(22)13-6-2-1-3-7-13/h1-3,6-9,12,17H,4-5,10-11,22H2. The van der Waals surface area contributed by atoms with Gasteiger partial charge in [-0.25, -0.2) is 0 Å². The van der Waals surface area contributed by atoms with Crippen LogP contribution in [0, 0.1) is 0 Å². The second-order valence-corrected chi connectivity index (χ2v) is 5.85. The van der Waals surface area contributed by atoms with E-state index in [1.54, 1.807) is 0 Å². The van der Waals surface area contributed by atoms with Gasteiger partial charge in [0.2, 0.25) is 0 Å². The first kappa shape index (κ1) is 15.9. The molecule has 2 nitrogen and oxygen atoms in total. The second kappa shape index (κ2) is 6.24. The molecule has 5 heteroatoms. The summed E-state index contributed by atoms with van der Waals surface area (Å²) in [6.07, 6.45) is -2.35. The first-order chi connectivity index (χ1) is 11.0. The number of rotatable bonds is 3. The third kappa shape index (κ3) is 3.34. The molecule has 0 saturated carbocycles. The van der Waals surface area contributed by atoms with Gasteiger partial charge in [0.25, 0.3) is 0 Å². The Balaban J connectivity index is 2.05. The Kier molecular flexibility index (Phi) is 4.31. The highest BCUT2D eigenvalue weighted by atomic mass is 19.4. The van der Waals surface area contributed by atoms with Crippen LogP contribution in [0.2, 0.25) is 0 Å². The minimum absolute atomic E-state index is 0.436. The van der Waals surface area contributed by atoms with Crippen LogP contribution < -0.4 is 10.6 Å². The maximum Gasteiger partial charge on any atom is 0.416 e. The average molecular weight is 320 g/mol. The van der Waals surface area contributed by atoms with Gasteiger partial charge in [0, 0.05) is 18.8 Å². The molecule has 1 fully saturated rings. The summed E-state index contributed by atoms with van der Waals surface area (Å²) in [5.41, 5.74) is 7.96. The van der Waals surface area contributed by atoms with Gasteiger partial charge in [0.1, 0.15) is 0 Å². The Morgan fingerprint density at radius 1 is 0.957 bits per heavy atom. The molecule has 0 spiro atoms. The van der Waals surface area contributed by atoms with E-state index >= 15 is 0 Å². The van der Waals surface area contributed by atoms with Gasteiger partial charge >= 0.3 is 6.18 Å². The minimum atomic E-state index is -4.34. The van der Waals surface area contributed by atoms with Gasteiger partial charge in [-0.1, -0.05) is 36.4 Å². The van der Waals surface area contributed by atoms with Gasteiger partial charge in [-0.3, -0.25) is 0 Å². The van der Waals surface area contributed by atoms with E-state index in [0.717, 1.165) is 43.1 Å². The van der Waals surface area contributed by atoms with Gasteiger partial charge in [0.15, 0.2) is 0 Å². The van der Waals surface area contributed by atoms with Crippen molar-refractivity contribution >= 4 is 5.69 Å². The number of nitrogens with zero attached hydrogens (tertiary/aromatic N) is 1. The summed E-state index contributed by atoms with van der Waals surface area (Å²) < 4.78 is 39.2. The van der Waals surface area contributed by atoms with E-state index in [-0.39, 0.29) is 0 Å². The molecule has 0 bridgehead atoms. The quantitative estimate of drug-likeness (QED) is 0.911. The number of nitrogens with two attached hydrogens (primary N) is 1. The molecule has 1 aliphatic rings. The molecule has 1 heterocycles. The average Bonchev–Trinajstić information content (AvgIpc) is 3.08. The predicted molar refractivity (Wildman–Crippen MR) is 85.4 cm³/mol. The van der Waals surface area contributed by atoms with Crippen molar-refractivity contribution in [1.29, 1.82) is 0 Å². The molecule has 2 aromatic rings. The first-order valence-corrected chi connectivity index (χ1v) is 7.73. The summed E-state index contributed by atoms with van der Waals surface area (Å²) in [7, 11) is 0. The zero-order valence-electron chi connectivity index (χ0n) is 12.7. The van der Waals surface area contributed by atoms with Crippen LogP contribution in [-0.2, 0) is 6.18 Å². The molecule has 1 atom stereocenters. The van der Waals surface area contributed by atoms with Crippen molar-refractivity contribution < 1.29 is 13.2 Å². The predicted octanol–water partition coefficient (Wildman–Crippen LogP) is 4.35. The van der Waals surface area contributed by atoms with Crippen LogP contribution in [0.25, 0.3) is 0 Å². The lowest BCUT2D eigenvalue weighted by molar-refractivity contribution is -0.137. The smallest absolute Gasteiger partial charge is 0.371 e. The molecule has 0 aliphatic carbocycles. The Morgan fingerprint density at radius 2 is 1.61 bits per heavy atom. The Morgan fingerprint density at radius 3 is 2.22 bits per heavy atom. The summed E-state index contributed by atoms with van der Waals surface area (Å²) in [6.45, 7) is 1.55. The van der Waals surface area contributed by atoms with Crippen LogP contribution in [0.3, 0.4) is 0 Å². The van der Waals surface area contributed by atoms with Gasteiger partial charge in [-0.15, -0.1) is 0 Å². The summed E-state index contributed by atoms with van der Waals surface area (Å²) in [6, 6.07) is 12.9. The van der Waals surface area contributed by atoms with Crippen LogP contribution in [0.15, 0.2) is 48.5 Å². The maximum atomic E-state index is 13.1. The van der Waals surface area contributed by atoms with E-state index in [0.29, 0.717) is 5.69 Å². The molecule has 122 valence electrons. The fourth-order valence-corrected chi connectivity index (χ4v) is 3.05. The monoisotopic (exact) mass is 320 g/mol. The molecule has 1 saturated heterocycles. The normalized spacial score (nSPS) is 16.6. The molecular weight excluding hydrogens is 301 g/mol. The lowest BCUT2D eigenvalue weighted by atomic mass is 9.96. The van der Waals surface area contributed by atoms with Crippen LogP contribution in [0.5, 0.6) is 0 Å². The van der Waals surface area contributed by atoms with Crippen molar-refractivity contribution in [3.05, 3.63) is 65.2 Å². The summed E-state index contributed by atoms with van der Waals surface area (Å²) in [4.78, 5) is 2.01. The largest absolute Gasteiger partial charge is 0.416 e. The molecule has 0 aromatic heterocycles. The molecular formula is C18H19F3N2. The van der Waals surface area contributed by atoms with Crippen molar-refractivity contribution in [2.24, 2.45) is 5.73 Å². The number of benzene rings is 2. The fourth-order valence-electron chi connectivity index (χ4n) is 3.05. The summed E-state index contributed by atoms with van der Waals surface area (Å²) in [5.74, 6) is 0. The van der Waals surface area contributed by atoms with E-state index < -0.39 is 17.8 Å². The third-order valence-corrected chi connectivity index (χ3v) is 4.30. The number of anilines is 1. The van der Waals surface area contributed by atoms with E-state index in [1.807, 2.05) is 35.2 Å². The van der Waals surface area contributed by atoms with Crippen molar-refractivity contribution in [2.45, 2.75) is 25.1 Å². The minimum Gasteiger partial charge on any atom is -0.371 e. The van der Waals surface area contributed by atoms with Gasteiger partial charge < -0.3 is 10.6 Å². The molecule has 1 unspecified atom stereocenters. The highest BCUT2D eigenvalue weighted by molar-refractivity contribution is 5.59. The Bertz CT molecular complexity index is 662. The van der Waals surface area contributed by atoms with Crippen LogP contribution in [0.1, 0.15) is 35.6 Å². The van der Waals surface area contributed by atoms with Crippen LogP contribution in [0.4, 0.5) is 18.9 Å². The number of hydrogen-bond donors (Lipinski definition) is 1. The zero-order chi connectivity index (χ0) is 16.4. The number of hydrogen-bond acceptors (Lipinski definition) is 2. The Hall–Kier alpha value is -2.01. The first-order valence-electron chi connectivity index (χ1n) is 7.73.